The first-order valence-corrected chi connectivity index (χ1v) is 7.42. The highest BCUT2D eigenvalue weighted by Gasteiger charge is 2.07. The second-order valence-corrected chi connectivity index (χ2v) is 5.27. The van der Waals surface area contributed by atoms with Crippen molar-refractivity contribution in [1.82, 2.24) is 0 Å². The Bertz CT molecular complexity index is 435. The van der Waals surface area contributed by atoms with E-state index in [2.05, 4.69) is 12.2 Å². The number of benzene rings is 1. The highest BCUT2D eigenvalue weighted by Crippen LogP contribution is 2.26. The average molecular weight is 280 g/mol. The van der Waals surface area contributed by atoms with Crippen molar-refractivity contribution in [3.8, 4) is 0 Å². The molecule has 5 heteroatoms. The summed E-state index contributed by atoms with van der Waals surface area (Å²) < 4.78 is 0. The largest absolute Gasteiger partial charge is 0.369 e. The number of thioether (sulfide) groups is 1. The van der Waals surface area contributed by atoms with Crippen LogP contribution in [0.15, 0.2) is 29.2 Å². The number of hydrogen-bond donors (Lipinski definition) is 2. The molecule has 1 aromatic rings. The second-order valence-electron chi connectivity index (χ2n) is 4.26. The van der Waals surface area contributed by atoms with Crippen LogP contribution in [0.3, 0.4) is 0 Å². The molecule has 0 atom stereocenters. The Hall–Kier alpha value is -1.49. The average Bonchev–Trinajstić information content (AvgIpc) is 2.38. The number of anilines is 1. The van der Waals surface area contributed by atoms with Gasteiger partial charge in [-0.05, 0) is 18.6 Å². The van der Waals surface area contributed by atoms with Gasteiger partial charge in [0.2, 0.25) is 11.8 Å². The molecule has 1 rings (SSSR count). The molecule has 19 heavy (non-hydrogen) atoms. The van der Waals surface area contributed by atoms with E-state index in [0.717, 1.165) is 29.8 Å². The van der Waals surface area contributed by atoms with Gasteiger partial charge in [0.15, 0.2) is 0 Å². The van der Waals surface area contributed by atoms with Crippen LogP contribution in [0.25, 0.3) is 0 Å². The number of carbonyl (C=O) groups excluding carboxylic acids is 2. The monoisotopic (exact) mass is 280 g/mol. The van der Waals surface area contributed by atoms with E-state index in [1.165, 1.54) is 11.8 Å². The molecule has 0 saturated heterocycles. The first kappa shape index (κ1) is 15.6. The third kappa shape index (κ3) is 6.29. The maximum Gasteiger partial charge on any atom is 0.227 e. The van der Waals surface area contributed by atoms with Crippen LogP contribution in [0.5, 0.6) is 0 Å². The van der Waals surface area contributed by atoms with Gasteiger partial charge in [0.1, 0.15) is 0 Å². The molecule has 0 saturated carbocycles. The molecule has 1 aromatic carbocycles. The van der Waals surface area contributed by atoms with Gasteiger partial charge in [0.05, 0.1) is 11.4 Å². The highest BCUT2D eigenvalue weighted by atomic mass is 32.2. The lowest BCUT2D eigenvalue weighted by atomic mass is 10.2. The molecule has 0 aromatic heterocycles. The van der Waals surface area contributed by atoms with E-state index in [9.17, 15) is 9.59 Å². The van der Waals surface area contributed by atoms with Crippen molar-refractivity contribution in [2.45, 2.75) is 37.5 Å². The predicted octanol–water partition coefficient (Wildman–Crippen LogP) is 2.78. The zero-order chi connectivity index (χ0) is 14.1. The fraction of sp³-hybridized carbons (Fsp3) is 0.429. The van der Waals surface area contributed by atoms with Crippen LogP contribution < -0.4 is 11.1 Å². The molecule has 0 radical (unpaired) electrons. The minimum atomic E-state index is -0.367. The maximum absolute atomic E-state index is 11.8. The molecule has 0 aliphatic carbocycles. The SMILES string of the molecule is CCCCCC(=O)Nc1ccccc1SCC(N)=O. The molecular formula is C14H20N2O2S. The summed E-state index contributed by atoms with van der Waals surface area (Å²) in [6.45, 7) is 2.10. The fourth-order valence-corrected chi connectivity index (χ4v) is 2.34. The van der Waals surface area contributed by atoms with E-state index in [1.807, 2.05) is 24.3 Å². The van der Waals surface area contributed by atoms with Gasteiger partial charge >= 0.3 is 0 Å². The quantitative estimate of drug-likeness (QED) is 0.568. The molecule has 0 unspecified atom stereocenters. The van der Waals surface area contributed by atoms with Crippen LogP contribution in [-0.2, 0) is 9.59 Å². The standard InChI is InChI=1S/C14H20N2O2S/c1-2-3-4-9-14(18)16-11-7-5-6-8-12(11)19-10-13(15)17/h5-8H,2-4,9-10H2,1H3,(H2,15,17)(H,16,18). The lowest BCUT2D eigenvalue weighted by molar-refractivity contribution is -0.116. The zero-order valence-electron chi connectivity index (χ0n) is 11.1. The number of para-hydroxylation sites is 1. The summed E-state index contributed by atoms with van der Waals surface area (Å²) in [5.74, 6) is -0.141. The van der Waals surface area contributed by atoms with E-state index >= 15 is 0 Å². The smallest absolute Gasteiger partial charge is 0.227 e. The molecule has 0 heterocycles. The number of unbranched alkanes of at least 4 members (excludes halogenated alkanes) is 2. The normalized spacial score (nSPS) is 10.2. The zero-order valence-corrected chi connectivity index (χ0v) is 12.0. The molecule has 0 spiro atoms. The number of hydrogen-bond acceptors (Lipinski definition) is 3. The van der Waals surface area contributed by atoms with Crippen LogP contribution in [-0.4, -0.2) is 17.6 Å². The van der Waals surface area contributed by atoms with E-state index < -0.39 is 0 Å². The lowest BCUT2D eigenvalue weighted by Gasteiger charge is -2.10. The molecule has 0 fully saturated rings. The first-order chi connectivity index (χ1) is 9.13. The molecule has 0 bridgehead atoms. The number of primary amides is 1. The van der Waals surface area contributed by atoms with Gasteiger partial charge in [-0.15, -0.1) is 11.8 Å². The summed E-state index contributed by atoms with van der Waals surface area (Å²) in [6.07, 6.45) is 3.59. The molecule has 104 valence electrons. The third-order valence-electron chi connectivity index (χ3n) is 2.54. The summed E-state index contributed by atoms with van der Waals surface area (Å²) in [5.41, 5.74) is 5.87. The summed E-state index contributed by atoms with van der Waals surface area (Å²) in [5, 5.41) is 2.88. The van der Waals surface area contributed by atoms with E-state index in [1.54, 1.807) is 0 Å². The van der Waals surface area contributed by atoms with Crippen LogP contribution in [0.1, 0.15) is 32.6 Å². The van der Waals surface area contributed by atoms with Crippen molar-refractivity contribution in [3.63, 3.8) is 0 Å². The van der Waals surface area contributed by atoms with Gasteiger partial charge in [-0.2, -0.15) is 0 Å². The summed E-state index contributed by atoms with van der Waals surface area (Å²) in [7, 11) is 0. The number of nitrogens with one attached hydrogen (secondary N) is 1. The Balaban J connectivity index is 2.56. The van der Waals surface area contributed by atoms with Crippen molar-refractivity contribution in [2.24, 2.45) is 5.73 Å². The van der Waals surface area contributed by atoms with Gasteiger partial charge in [0, 0.05) is 11.3 Å². The van der Waals surface area contributed by atoms with Crippen molar-refractivity contribution in [3.05, 3.63) is 24.3 Å². The highest BCUT2D eigenvalue weighted by molar-refractivity contribution is 8.00. The molecule has 0 aliphatic heterocycles. The fourth-order valence-electron chi connectivity index (χ4n) is 1.59. The summed E-state index contributed by atoms with van der Waals surface area (Å²) >= 11 is 1.34. The Kier molecular flexibility index (Phi) is 7.03. The molecule has 2 amide bonds. The van der Waals surface area contributed by atoms with Gasteiger partial charge in [-0.25, -0.2) is 0 Å². The molecule has 4 nitrogen and oxygen atoms in total. The Morgan fingerprint density at radius 2 is 2.00 bits per heavy atom. The summed E-state index contributed by atoms with van der Waals surface area (Å²) in [6, 6.07) is 7.43. The summed E-state index contributed by atoms with van der Waals surface area (Å²) in [4.78, 5) is 23.4. The van der Waals surface area contributed by atoms with Crippen molar-refractivity contribution in [2.75, 3.05) is 11.1 Å². The Labute approximate surface area is 118 Å². The van der Waals surface area contributed by atoms with Crippen LogP contribution in [0.2, 0.25) is 0 Å². The van der Waals surface area contributed by atoms with E-state index in [-0.39, 0.29) is 17.6 Å². The van der Waals surface area contributed by atoms with Gasteiger partial charge in [-0.3, -0.25) is 9.59 Å². The van der Waals surface area contributed by atoms with Gasteiger partial charge < -0.3 is 11.1 Å². The van der Waals surface area contributed by atoms with Crippen LogP contribution in [0.4, 0.5) is 5.69 Å². The van der Waals surface area contributed by atoms with E-state index in [0.29, 0.717) is 6.42 Å². The lowest BCUT2D eigenvalue weighted by Crippen LogP contribution is -2.14. The minimum absolute atomic E-state index is 0.0144. The maximum atomic E-state index is 11.8. The number of amides is 2. The van der Waals surface area contributed by atoms with Crippen LogP contribution in [0, 0.1) is 0 Å². The number of carbonyl (C=O) groups is 2. The third-order valence-corrected chi connectivity index (χ3v) is 3.63. The van der Waals surface area contributed by atoms with Crippen LogP contribution >= 0.6 is 11.8 Å². The minimum Gasteiger partial charge on any atom is -0.369 e. The molecule has 0 aliphatic rings. The Morgan fingerprint density at radius 3 is 2.68 bits per heavy atom. The second kappa shape index (κ2) is 8.58. The number of rotatable bonds is 8. The van der Waals surface area contributed by atoms with Gasteiger partial charge in [-0.1, -0.05) is 31.9 Å². The molecular weight excluding hydrogens is 260 g/mol. The first-order valence-electron chi connectivity index (χ1n) is 6.43. The molecule has 3 N–H and O–H groups in total. The topological polar surface area (TPSA) is 72.2 Å². The predicted molar refractivity (Wildman–Crippen MR) is 79.1 cm³/mol. The van der Waals surface area contributed by atoms with Crippen molar-refractivity contribution in [1.29, 1.82) is 0 Å². The van der Waals surface area contributed by atoms with Crippen molar-refractivity contribution >= 4 is 29.3 Å². The Morgan fingerprint density at radius 1 is 1.26 bits per heavy atom. The number of nitrogens with two attached hydrogens (primary N) is 1. The van der Waals surface area contributed by atoms with Gasteiger partial charge in [0.25, 0.3) is 0 Å². The van der Waals surface area contributed by atoms with Crippen molar-refractivity contribution < 1.29 is 9.59 Å². The van der Waals surface area contributed by atoms with E-state index in [4.69, 9.17) is 5.73 Å².